The van der Waals surface area contributed by atoms with Gasteiger partial charge in [0.15, 0.2) is 11.5 Å². The van der Waals surface area contributed by atoms with Crippen LogP contribution in [0, 0.1) is 22.7 Å². The fourth-order valence-corrected chi connectivity index (χ4v) is 2.13. The summed E-state index contributed by atoms with van der Waals surface area (Å²) in [6.07, 6.45) is 1.37. The number of benzene rings is 2. The molecule has 1 amide bonds. The van der Waals surface area contributed by atoms with Crippen molar-refractivity contribution in [3.8, 4) is 23.6 Å². The second-order valence-electron chi connectivity index (χ2n) is 5.00. The van der Waals surface area contributed by atoms with Crippen LogP contribution in [-0.4, -0.2) is 13.0 Å². The zero-order chi connectivity index (χ0) is 18.2. The first-order chi connectivity index (χ1) is 12.1. The van der Waals surface area contributed by atoms with Gasteiger partial charge in [0.25, 0.3) is 5.91 Å². The van der Waals surface area contributed by atoms with Crippen molar-refractivity contribution in [3.63, 3.8) is 0 Å². The molecule has 25 heavy (non-hydrogen) atoms. The molecule has 0 unspecified atom stereocenters. The molecule has 2 N–H and O–H groups in total. The van der Waals surface area contributed by atoms with Crippen LogP contribution in [0.4, 0.5) is 0 Å². The highest BCUT2D eigenvalue weighted by molar-refractivity contribution is 6.00. The Morgan fingerprint density at radius 3 is 2.60 bits per heavy atom. The Bertz CT molecular complexity index is 905. The monoisotopic (exact) mass is 333 g/mol. The standard InChI is InChI=1S/C19H15N3O3/c1-24-18-9-13(8-16(11-21)19(22)23)6-7-17(18)25-12-15-5-3-2-4-14(15)10-20/h2-9H,12H2,1H3,(H2,22,23)/b16-8+. The molecule has 2 aromatic rings. The van der Waals surface area contributed by atoms with Crippen LogP contribution in [-0.2, 0) is 11.4 Å². The second-order valence-corrected chi connectivity index (χ2v) is 5.00. The number of primary amides is 1. The van der Waals surface area contributed by atoms with Gasteiger partial charge < -0.3 is 15.2 Å². The Morgan fingerprint density at radius 2 is 1.96 bits per heavy atom. The third kappa shape index (κ3) is 4.37. The SMILES string of the molecule is COc1cc(/C=C(\C#N)C(N)=O)ccc1OCc1ccccc1C#N. The van der Waals surface area contributed by atoms with Gasteiger partial charge in [0, 0.05) is 5.56 Å². The van der Waals surface area contributed by atoms with Crippen LogP contribution in [0.3, 0.4) is 0 Å². The summed E-state index contributed by atoms with van der Waals surface area (Å²) in [7, 11) is 1.48. The number of hydrogen-bond donors (Lipinski definition) is 1. The fourth-order valence-electron chi connectivity index (χ4n) is 2.13. The molecule has 0 radical (unpaired) electrons. The van der Waals surface area contributed by atoms with Crippen molar-refractivity contribution in [1.82, 2.24) is 0 Å². The number of nitrogens with zero attached hydrogens (tertiary/aromatic N) is 2. The van der Waals surface area contributed by atoms with Crippen LogP contribution >= 0.6 is 0 Å². The van der Waals surface area contributed by atoms with Gasteiger partial charge in [-0.1, -0.05) is 24.3 Å². The molecule has 0 spiro atoms. The maximum atomic E-state index is 11.1. The minimum absolute atomic E-state index is 0.154. The summed E-state index contributed by atoms with van der Waals surface area (Å²) in [6.45, 7) is 0.208. The zero-order valence-corrected chi connectivity index (χ0v) is 13.5. The molecular weight excluding hydrogens is 318 g/mol. The lowest BCUT2D eigenvalue weighted by Gasteiger charge is -2.12. The summed E-state index contributed by atoms with van der Waals surface area (Å²) < 4.78 is 11.0. The van der Waals surface area contributed by atoms with E-state index in [9.17, 15) is 4.79 Å². The Kier molecular flexibility index (Phi) is 5.76. The van der Waals surface area contributed by atoms with E-state index >= 15 is 0 Å². The van der Waals surface area contributed by atoms with Gasteiger partial charge >= 0.3 is 0 Å². The molecule has 2 aromatic carbocycles. The van der Waals surface area contributed by atoms with E-state index in [1.807, 2.05) is 12.1 Å². The van der Waals surface area contributed by atoms with Crippen molar-refractivity contribution >= 4 is 12.0 Å². The normalized spacial score (nSPS) is 10.4. The number of nitriles is 2. The summed E-state index contributed by atoms with van der Waals surface area (Å²) >= 11 is 0. The predicted octanol–water partition coefficient (Wildman–Crippen LogP) is 2.54. The molecule has 0 aliphatic rings. The predicted molar refractivity (Wildman–Crippen MR) is 91.3 cm³/mol. The average Bonchev–Trinajstić information content (AvgIpc) is 2.64. The number of methoxy groups -OCH3 is 1. The maximum absolute atomic E-state index is 11.1. The van der Waals surface area contributed by atoms with Gasteiger partial charge in [0.2, 0.25) is 0 Å². The van der Waals surface area contributed by atoms with Gasteiger partial charge in [-0.25, -0.2) is 0 Å². The van der Waals surface area contributed by atoms with Gasteiger partial charge in [-0.15, -0.1) is 0 Å². The van der Waals surface area contributed by atoms with Crippen LogP contribution in [0.15, 0.2) is 48.0 Å². The lowest BCUT2D eigenvalue weighted by atomic mass is 10.1. The third-order valence-electron chi connectivity index (χ3n) is 3.41. The van der Waals surface area contributed by atoms with Gasteiger partial charge in [0.05, 0.1) is 18.7 Å². The van der Waals surface area contributed by atoms with Crippen molar-refractivity contribution in [2.75, 3.05) is 7.11 Å². The van der Waals surface area contributed by atoms with Crippen molar-refractivity contribution in [2.24, 2.45) is 5.73 Å². The molecule has 0 bridgehead atoms. The quantitative estimate of drug-likeness (QED) is 0.645. The molecule has 0 heterocycles. The highest BCUT2D eigenvalue weighted by Gasteiger charge is 2.09. The number of ether oxygens (including phenoxy) is 2. The summed E-state index contributed by atoms with van der Waals surface area (Å²) in [5.41, 5.74) is 6.85. The number of nitrogens with two attached hydrogens (primary N) is 1. The van der Waals surface area contributed by atoms with Gasteiger partial charge in [0.1, 0.15) is 18.2 Å². The van der Waals surface area contributed by atoms with Crippen molar-refractivity contribution in [1.29, 1.82) is 10.5 Å². The van der Waals surface area contributed by atoms with Crippen LogP contribution in [0.25, 0.3) is 6.08 Å². The molecule has 0 saturated heterocycles. The Hall–Kier alpha value is -3.77. The topological polar surface area (TPSA) is 109 Å². The van der Waals surface area contributed by atoms with E-state index in [0.717, 1.165) is 5.56 Å². The zero-order valence-electron chi connectivity index (χ0n) is 13.5. The van der Waals surface area contributed by atoms with Crippen LogP contribution in [0.1, 0.15) is 16.7 Å². The molecule has 124 valence electrons. The minimum Gasteiger partial charge on any atom is -0.493 e. The molecular formula is C19H15N3O3. The third-order valence-corrected chi connectivity index (χ3v) is 3.41. The van der Waals surface area contributed by atoms with Crippen LogP contribution in [0.5, 0.6) is 11.5 Å². The number of carbonyl (C=O) groups is 1. The van der Waals surface area contributed by atoms with Crippen molar-refractivity contribution < 1.29 is 14.3 Å². The first-order valence-electron chi connectivity index (χ1n) is 7.29. The van der Waals surface area contributed by atoms with E-state index in [-0.39, 0.29) is 12.2 Å². The smallest absolute Gasteiger partial charge is 0.259 e. The van der Waals surface area contributed by atoms with Gasteiger partial charge in [-0.05, 0) is 29.8 Å². The van der Waals surface area contributed by atoms with E-state index in [0.29, 0.717) is 22.6 Å². The Labute approximate surface area is 145 Å². The lowest BCUT2D eigenvalue weighted by Crippen LogP contribution is -2.12. The van der Waals surface area contributed by atoms with E-state index in [1.165, 1.54) is 13.2 Å². The molecule has 6 heteroatoms. The molecule has 0 fully saturated rings. The van der Waals surface area contributed by atoms with E-state index in [4.69, 9.17) is 25.7 Å². The first kappa shape index (κ1) is 17.6. The highest BCUT2D eigenvalue weighted by Crippen LogP contribution is 2.30. The van der Waals surface area contributed by atoms with Crippen molar-refractivity contribution in [2.45, 2.75) is 6.61 Å². The van der Waals surface area contributed by atoms with Crippen LogP contribution in [0.2, 0.25) is 0 Å². The molecule has 0 aliphatic carbocycles. The lowest BCUT2D eigenvalue weighted by molar-refractivity contribution is -0.114. The highest BCUT2D eigenvalue weighted by atomic mass is 16.5. The number of carbonyl (C=O) groups excluding carboxylic acids is 1. The maximum Gasteiger partial charge on any atom is 0.259 e. The molecule has 0 saturated carbocycles. The fraction of sp³-hybridized carbons (Fsp3) is 0.105. The molecule has 0 aromatic heterocycles. The number of hydrogen-bond acceptors (Lipinski definition) is 5. The minimum atomic E-state index is -0.796. The number of amides is 1. The van der Waals surface area contributed by atoms with E-state index in [2.05, 4.69) is 6.07 Å². The Morgan fingerprint density at radius 1 is 1.20 bits per heavy atom. The van der Waals surface area contributed by atoms with Gasteiger partial charge in [-0.3, -0.25) is 4.79 Å². The number of rotatable bonds is 6. The van der Waals surface area contributed by atoms with E-state index in [1.54, 1.807) is 36.4 Å². The molecule has 0 atom stereocenters. The second kappa shape index (κ2) is 8.19. The Balaban J connectivity index is 2.24. The largest absolute Gasteiger partial charge is 0.493 e. The van der Waals surface area contributed by atoms with Crippen LogP contribution < -0.4 is 15.2 Å². The van der Waals surface area contributed by atoms with Crippen molar-refractivity contribution in [3.05, 3.63) is 64.7 Å². The molecule has 2 rings (SSSR count). The summed E-state index contributed by atoms with van der Waals surface area (Å²) in [5.74, 6) is 0.116. The first-order valence-corrected chi connectivity index (χ1v) is 7.29. The molecule has 0 aliphatic heterocycles. The summed E-state index contributed by atoms with van der Waals surface area (Å²) in [6, 6.07) is 16.0. The van der Waals surface area contributed by atoms with E-state index < -0.39 is 5.91 Å². The summed E-state index contributed by atoms with van der Waals surface area (Å²) in [5, 5.41) is 18.0. The average molecular weight is 333 g/mol. The van der Waals surface area contributed by atoms with Gasteiger partial charge in [-0.2, -0.15) is 10.5 Å². The summed E-state index contributed by atoms with van der Waals surface area (Å²) in [4.78, 5) is 11.1. The molecule has 6 nitrogen and oxygen atoms in total.